The van der Waals surface area contributed by atoms with Gasteiger partial charge in [0.15, 0.2) is 0 Å². The molecule has 3 heterocycles. The monoisotopic (exact) mass is 248 g/mol. The van der Waals surface area contributed by atoms with Crippen molar-refractivity contribution in [1.82, 2.24) is 20.8 Å². The van der Waals surface area contributed by atoms with Gasteiger partial charge < -0.3 is 10.6 Å². The maximum absolute atomic E-state index is 12.1. The van der Waals surface area contributed by atoms with Crippen LogP contribution in [0.3, 0.4) is 0 Å². The van der Waals surface area contributed by atoms with Crippen molar-refractivity contribution in [3.8, 4) is 0 Å². The fourth-order valence-electron chi connectivity index (χ4n) is 3.09. The summed E-state index contributed by atoms with van der Waals surface area (Å²) in [7, 11) is 0. The van der Waals surface area contributed by atoms with Gasteiger partial charge in [0, 0.05) is 23.8 Å². The number of H-pyrrole nitrogens is 1. The van der Waals surface area contributed by atoms with Crippen molar-refractivity contribution < 1.29 is 4.79 Å². The fourth-order valence-corrected chi connectivity index (χ4v) is 3.09. The number of nitrogens with zero attached hydrogens (tertiary/aromatic N) is 1. The lowest BCUT2D eigenvalue weighted by Crippen LogP contribution is -2.48. The Hall–Kier alpha value is -1.36. The molecule has 5 heteroatoms. The number of rotatable bonds is 3. The molecule has 0 spiro atoms. The largest absolute Gasteiger partial charge is 0.348 e. The van der Waals surface area contributed by atoms with E-state index in [0.717, 1.165) is 25.0 Å². The molecule has 98 valence electrons. The summed E-state index contributed by atoms with van der Waals surface area (Å²) < 4.78 is 0. The van der Waals surface area contributed by atoms with Crippen molar-refractivity contribution in [3.63, 3.8) is 0 Å². The summed E-state index contributed by atoms with van der Waals surface area (Å²) in [5.41, 5.74) is 1.52. The molecule has 2 bridgehead atoms. The number of hydrogen-bond donors (Lipinski definition) is 3. The van der Waals surface area contributed by atoms with Crippen molar-refractivity contribution >= 4 is 5.91 Å². The third-order valence-corrected chi connectivity index (χ3v) is 4.05. The molecule has 5 nitrogen and oxygen atoms in total. The number of aromatic nitrogens is 2. The number of amides is 1. The molecule has 3 rings (SSSR count). The van der Waals surface area contributed by atoms with Crippen molar-refractivity contribution in [2.24, 2.45) is 0 Å². The Labute approximate surface area is 107 Å². The van der Waals surface area contributed by atoms with Crippen molar-refractivity contribution in [2.45, 2.75) is 57.2 Å². The predicted molar refractivity (Wildman–Crippen MR) is 68.4 cm³/mol. The normalized spacial score (nSPS) is 30.4. The zero-order chi connectivity index (χ0) is 12.5. The summed E-state index contributed by atoms with van der Waals surface area (Å²) in [6.07, 6.45) is 5.47. The zero-order valence-electron chi connectivity index (χ0n) is 10.7. The van der Waals surface area contributed by atoms with Crippen LogP contribution in [0.15, 0.2) is 6.07 Å². The minimum atomic E-state index is -0.0442. The second kappa shape index (κ2) is 4.72. The van der Waals surface area contributed by atoms with Crippen LogP contribution in [-0.2, 0) is 6.42 Å². The van der Waals surface area contributed by atoms with Crippen LogP contribution < -0.4 is 10.6 Å². The Balaban J connectivity index is 1.60. The topological polar surface area (TPSA) is 69.8 Å². The summed E-state index contributed by atoms with van der Waals surface area (Å²) in [6, 6.07) is 3.34. The van der Waals surface area contributed by atoms with Gasteiger partial charge in [-0.3, -0.25) is 9.89 Å². The highest BCUT2D eigenvalue weighted by Gasteiger charge is 2.34. The van der Waals surface area contributed by atoms with E-state index in [1.807, 2.05) is 13.0 Å². The third-order valence-electron chi connectivity index (χ3n) is 4.05. The Morgan fingerprint density at radius 2 is 2.17 bits per heavy atom. The fraction of sp³-hybridized carbons (Fsp3) is 0.692. The standard InChI is InChI=1S/C13H20N4O/c1-2-8-7-12(17-16-8)13(18)15-11-5-9-3-4-10(6-11)14-9/h7,9-11,14H,2-6H2,1H3,(H,15,18)(H,16,17). The van der Waals surface area contributed by atoms with E-state index in [4.69, 9.17) is 0 Å². The molecule has 2 saturated heterocycles. The van der Waals surface area contributed by atoms with E-state index in [1.54, 1.807) is 0 Å². The van der Waals surface area contributed by atoms with Gasteiger partial charge in [0.1, 0.15) is 5.69 Å². The van der Waals surface area contributed by atoms with Gasteiger partial charge in [-0.05, 0) is 38.2 Å². The lowest BCUT2D eigenvalue weighted by atomic mass is 10.00. The number of nitrogens with one attached hydrogen (secondary N) is 3. The van der Waals surface area contributed by atoms with Crippen LogP contribution in [0.1, 0.15) is 48.8 Å². The molecule has 2 fully saturated rings. The van der Waals surface area contributed by atoms with Gasteiger partial charge in [-0.15, -0.1) is 0 Å². The number of aromatic amines is 1. The highest BCUT2D eigenvalue weighted by atomic mass is 16.2. The molecule has 1 aromatic rings. The molecule has 2 unspecified atom stereocenters. The number of aryl methyl sites for hydroxylation is 1. The van der Waals surface area contributed by atoms with E-state index in [-0.39, 0.29) is 5.91 Å². The highest BCUT2D eigenvalue weighted by molar-refractivity contribution is 5.92. The van der Waals surface area contributed by atoms with E-state index >= 15 is 0 Å². The van der Waals surface area contributed by atoms with Gasteiger partial charge >= 0.3 is 0 Å². The number of hydrogen-bond acceptors (Lipinski definition) is 3. The quantitative estimate of drug-likeness (QED) is 0.747. The summed E-state index contributed by atoms with van der Waals surface area (Å²) in [6.45, 7) is 2.04. The molecule has 3 N–H and O–H groups in total. The molecule has 18 heavy (non-hydrogen) atoms. The Morgan fingerprint density at radius 3 is 2.78 bits per heavy atom. The van der Waals surface area contributed by atoms with E-state index in [2.05, 4.69) is 20.8 Å². The SMILES string of the molecule is CCc1cc(C(=O)NC2CC3CCC(C2)N3)n[nH]1. The van der Waals surface area contributed by atoms with Gasteiger partial charge in [-0.2, -0.15) is 5.10 Å². The third kappa shape index (κ3) is 2.27. The number of fused-ring (bicyclic) bond motifs is 2. The molecular weight excluding hydrogens is 228 g/mol. The van der Waals surface area contributed by atoms with E-state index in [1.165, 1.54) is 12.8 Å². The van der Waals surface area contributed by atoms with Crippen molar-refractivity contribution in [3.05, 3.63) is 17.5 Å². The molecular formula is C13H20N4O. The average Bonchev–Trinajstić information content (AvgIpc) is 2.96. The maximum atomic E-state index is 12.1. The number of piperidine rings is 1. The Kier molecular flexibility index (Phi) is 3.07. The average molecular weight is 248 g/mol. The molecule has 2 aliphatic rings. The van der Waals surface area contributed by atoms with Gasteiger partial charge in [0.05, 0.1) is 0 Å². The molecule has 2 atom stereocenters. The molecule has 0 aliphatic carbocycles. The summed E-state index contributed by atoms with van der Waals surface area (Å²) in [5, 5.41) is 13.6. The van der Waals surface area contributed by atoms with Crippen LogP contribution in [0.2, 0.25) is 0 Å². The van der Waals surface area contributed by atoms with Gasteiger partial charge in [-0.1, -0.05) is 6.92 Å². The molecule has 0 radical (unpaired) electrons. The molecule has 0 aromatic carbocycles. The van der Waals surface area contributed by atoms with E-state index < -0.39 is 0 Å². The number of carbonyl (C=O) groups excluding carboxylic acids is 1. The van der Waals surface area contributed by atoms with Crippen LogP contribution in [0.5, 0.6) is 0 Å². The van der Waals surface area contributed by atoms with Crippen molar-refractivity contribution in [2.75, 3.05) is 0 Å². The summed E-state index contributed by atoms with van der Waals surface area (Å²) in [4.78, 5) is 12.1. The van der Waals surface area contributed by atoms with Crippen LogP contribution in [-0.4, -0.2) is 34.2 Å². The zero-order valence-corrected chi connectivity index (χ0v) is 10.7. The second-order valence-corrected chi connectivity index (χ2v) is 5.41. The van der Waals surface area contributed by atoms with Crippen LogP contribution in [0, 0.1) is 0 Å². The van der Waals surface area contributed by atoms with E-state index in [0.29, 0.717) is 23.8 Å². The minimum Gasteiger partial charge on any atom is -0.348 e. The van der Waals surface area contributed by atoms with Crippen LogP contribution >= 0.6 is 0 Å². The number of carbonyl (C=O) groups is 1. The Bertz CT molecular complexity index is 430. The van der Waals surface area contributed by atoms with Gasteiger partial charge in [0.25, 0.3) is 5.91 Å². The van der Waals surface area contributed by atoms with E-state index in [9.17, 15) is 4.79 Å². The van der Waals surface area contributed by atoms with Gasteiger partial charge in [0.2, 0.25) is 0 Å². The molecule has 1 aromatic heterocycles. The summed E-state index contributed by atoms with van der Waals surface area (Å²) in [5.74, 6) is -0.0442. The smallest absolute Gasteiger partial charge is 0.271 e. The Morgan fingerprint density at radius 1 is 1.44 bits per heavy atom. The lowest BCUT2D eigenvalue weighted by molar-refractivity contribution is 0.0919. The first-order valence-corrected chi connectivity index (χ1v) is 6.85. The minimum absolute atomic E-state index is 0.0442. The summed E-state index contributed by atoms with van der Waals surface area (Å²) >= 11 is 0. The highest BCUT2D eigenvalue weighted by Crippen LogP contribution is 2.26. The van der Waals surface area contributed by atoms with Gasteiger partial charge in [-0.25, -0.2) is 0 Å². The lowest BCUT2D eigenvalue weighted by Gasteiger charge is -2.29. The predicted octanol–water partition coefficient (Wildman–Crippen LogP) is 0.985. The van der Waals surface area contributed by atoms with Crippen LogP contribution in [0.4, 0.5) is 0 Å². The van der Waals surface area contributed by atoms with Crippen LogP contribution in [0.25, 0.3) is 0 Å². The second-order valence-electron chi connectivity index (χ2n) is 5.41. The maximum Gasteiger partial charge on any atom is 0.271 e. The molecule has 1 amide bonds. The first kappa shape index (κ1) is 11.7. The first-order valence-electron chi connectivity index (χ1n) is 6.85. The molecule has 0 saturated carbocycles. The van der Waals surface area contributed by atoms with Crippen molar-refractivity contribution in [1.29, 1.82) is 0 Å². The molecule has 2 aliphatic heterocycles. The first-order chi connectivity index (χ1) is 8.74.